The molecule has 6 rings (SSSR count). The molecule has 0 N–H and O–H groups in total. The van der Waals surface area contributed by atoms with Crippen molar-refractivity contribution in [3.63, 3.8) is 0 Å². The number of amidine groups is 1. The van der Waals surface area contributed by atoms with Crippen molar-refractivity contribution in [2.75, 3.05) is 5.75 Å². The molecule has 12 heteroatoms. The zero-order valence-corrected chi connectivity index (χ0v) is 22.8. The molecule has 0 unspecified atom stereocenters. The Bertz CT molecular complexity index is 1710. The van der Waals surface area contributed by atoms with E-state index in [4.69, 9.17) is 10.1 Å². The third-order valence-electron chi connectivity index (χ3n) is 6.66. The van der Waals surface area contributed by atoms with Gasteiger partial charge in [-0.1, -0.05) is 41.6 Å². The molecule has 0 atom stereocenters. The van der Waals surface area contributed by atoms with Crippen LogP contribution in [-0.2, 0) is 11.2 Å². The van der Waals surface area contributed by atoms with E-state index in [9.17, 15) is 18.0 Å². The first-order valence-corrected chi connectivity index (χ1v) is 13.7. The average Bonchev–Trinajstić information content (AvgIpc) is 3.65. The summed E-state index contributed by atoms with van der Waals surface area (Å²) in [4.78, 5) is 21.8. The molecule has 1 aromatic heterocycles. The number of fused-ring (bicyclic) bond motifs is 1. The Kier molecular flexibility index (Phi) is 6.86. The Balaban J connectivity index is 1.22. The number of aryl methyl sites for hydroxylation is 3. The van der Waals surface area contributed by atoms with Crippen LogP contribution < -0.4 is 4.74 Å². The number of hydrogen-bond donors (Lipinski definition) is 0. The van der Waals surface area contributed by atoms with E-state index in [1.54, 1.807) is 0 Å². The van der Waals surface area contributed by atoms with Crippen LogP contribution in [0.2, 0.25) is 0 Å². The number of rotatable bonds is 5. The molecule has 0 saturated carbocycles. The zero-order chi connectivity index (χ0) is 28.7. The van der Waals surface area contributed by atoms with Gasteiger partial charge in [0, 0.05) is 11.1 Å². The number of hydrogen-bond acceptors (Lipinski definition) is 7. The van der Waals surface area contributed by atoms with Gasteiger partial charge >= 0.3 is 6.36 Å². The standard InChI is InChI=1S/C29H23F3N6O2S/c1-17-3-11-24(18(2)13-17)34-28-38(26(39)15-41-28)35-25-12-5-19-14-20(4-10-23(19)25)27-33-16-37(36-27)21-6-8-22(9-7-21)40-29(30,31)32/h3-4,6-11,13-14,16H,5,12,15H2,1-2H3/b34-28+,35-25+. The first-order chi connectivity index (χ1) is 19.6. The fourth-order valence-electron chi connectivity index (χ4n) is 4.72. The molecule has 41 heavy (non-hydrogen) atoms. The van der Waals surface area contributed by atoms with Crippen LogP contribution >= 0.6 is 11.8 Å². The van der Waals surface area contributed by atoms with Crippen LogP contribution in [0.3, 0.4) is 0 Å². The van der Waals surface area contributed by atoms with Gasteiger partial charge in [-0.05, 0) is 74.2 Å². The van der Waals surface area contributed by atoms with Crippen molar-refractivity contribution in [3.8, 4) is 22.8 Å². The molecule has 1 aliphatic carbocycles. The van der Waals surface area contributed by atoms with Crippen LogP contribution in [0, 0.1) is 13.8 Å². The number of carbonyl (C=O) groups excluding carboxylic acids is 1. The van der Waals surface area contributed by atoms with Crippen LogP contribution in [0.4, 0.5) is 18.9 Å². The van der Waals surface area contributed by atoms with Crippen LogP contribution in [0.15, 0.2) is 77.1 Å². The van der Waals surface area contributed by atoms with Gasteiger partial charge in [-0.15, -0.1) is 18.3 Å². The first-order valence-electron chi connectivity index (χ1n) is 12.7. The van der Waals surface area contributed by atoms with Crippen molar-refractivity contribution >= 4 is 34.2 Å². The van der Waals surface area contributed by atoms with Crippen LogP contribution in [-0.4, -0.2) is 48.7 Å². The topological polar surface area (TPSA) is 85.0 Å². The summed E-state index contributed by atoms with van der Waals surface area (Å²) in [5.41, 5.74) is 7.18. The van der Waals surface area contributed by atoms with E-state index in [2.05, 4.69) is 20.9 Å². The van der Waals surface area contributed by atoms with Crippen molar-refractivity contribution in [3.05, 3.63) is 89.2 Å². The van der Waals surface area contributed by atoms with Gasteiger partial charge in [-0.2, -0.15) is 10.1 Å². The minimum atomic E-state index is -4.75. The zero-order valence-electron chi connectivity index (χ0n) is 22.0. The van der Waals surface area contributed by atoms with Gasteiger partial charge < -0.3 is 4.74 Å². The molecule has 1 aliphatic heterocycles. The number of nitrogens with zero attached hydrogens (tertiary/aromatic N) is 6. The monoisotopic (exact) mass is 576 g/mol. The van der Waals surface area contributed by atoms with E-state index in [1.165, 1.54) is 52.0 Å². The van der Waals surface area contributed by atoms with Crippen LogP contribution in [0.1, 0.15) is 28.7 Å². The summed E-state index contributed by atoms with van der Waals surface area (Å²) in [6.07, 6.45) is -1.82. The van der Waals surface area contributed by atoms with Gasteiger partial charge in [0.25, 0.3) is 5.91 Å². The Morgan fingerprint density at radius 1 is 1.00 bits per heavy atom. The number of ether oxygens (including phenoxy) is 1. The minimum absolute atomic E-state index is 0.108. The largest absolute Gasteiger partial charge is 0.573 e. The number of aliphatic imine (C=N–C) groups is 1. The minimum Gasteiger partial charge on any atom is -0.406 e. The second-order valence-corrected chi connectivity index (χ2v) is 10.6. The molecule has 0 radical (unpaired) electrons. The Morgan fingerprint density at radius 2 is 1.80 bits per heavy atom. The highest BCUT2D eigenvalue weighted by Gasteiger charge is 2.32. The number of benzene rings is 3. The van der Waals surface area contributed by atoms with Crippen LogP contribution in [0.25, 0.3) is 17.1 Å². The molecule has 1 saturated heterocycles. The number of alkyl halides is 3. The molecule has 3 aromatic carbocycles. The smallest absolute Gasteiger partial charge is 0.406 e. The van der Waals surface area contributed by atoms with Gasteiger partial charge in [0.2, 0.25) is 0 Å². The predicted molar refractivity (Wildman–Crippen MR) is 151 cm³/mol. The van der Waals surface area contributed by atoms with E-state index in [1.807, 2.05) is 44.2 Å². The summed E-state index contributed by atoms with van der Waals surface area (Å²) in [6, 6.07) is 17.2. The molecular weight excluding hydrogens is 553 g/mol. The Labute approximate surface area is 237 Å². The van der Waals surface area contributed by atoms with E-state index in [0.717, 1.165) is 45.6 Å². The second-order valence-electron chi connectivity index (χ2n) is 9.65. The molecule has 0 bridgehead atoms. The Hall–Kier alpha value is -4.45. The molecule has 2 aliphatic rings. The quantitative estimate of drug-likeness (QED) is 0.276. The predicted octanol–water partition coefficient (Wildman–Crippen LogP) is 6.36. The molecular formula is C29H23F3N6O2S. The van der Waals surface area contributed by atoms with Gasteiger partial charge in [0.15, 0.2) is 11.0 Å². The fourth-order valence-corrected chi connectivity index (χ4v) is 5.52. The van der Waals surface area contributed by atoms with Gasteiger partial charge in [-0.3, -0.25) is 4.79 Å². The van der Waals surface area contributed by atoms with Crippen molar-refractivity contribution in [2.24, 2.45) is 10.1 Å². The Morgan fingerprint density at radius 3 is 2.56 bits per heavy atom. The number of carbonyl (C=O) groups is 1. The van der Waals surface area contributed by atoms with Gasteiger partial charge in [0.05, 0.1) is 22.8 Å². The van der Waals surface area contributed by atoms with Gasteiger partial charge in [0.1, 0.15) is 12.1 Å². The summed E-state index contributed by atoms with van der Waals surface area (Å²) < 4.78 is 42.7. The summed E-state index contributed by atoms with van der Waals surface area (Å²) in [7, 11) is 0. The molecule has 1 amide bonds. The van der Waals surface area contributed by atoms with Crippen molar-refractivity contribution in [2.45, 2.75) is 33.1 Å². The highest BCUT2D eigenvalue weighted by Crippen LogP contribution is 2.31. The van der Waals surface area contributed by atoms with E-state index >= 15 is 0 Å². The SMILES string of the molecule is Cc1ccc(/N=C2/SCC(=O)N2/N=C2\CCc3cc(-c4ncn(-c5ccc(OC(F)(F)F)cc5)n4)ccc32)c(C)c1. The lowest BCUT2D eigenvalue weighted by molar-refractivity contribution is -0.274. The van der Waals surface area contributed by atoms with E-state index < -0.39 is 6.36 Å². The molecule has 8 nitrogen and oxygen atoms in total. The van der Waals surface area contributed by atoms with E-state index in [0.29, 0.717) is 28.9 Å². The number of aromatic nitrogens is 3. The fraction of sp³-hybridized carbons (Fsp3) is 0.207. The third-order valence-corrected chi connectivity index (χ3v) is 7.58. The normalized spacial score (nSPS) is 17.1. The number of thioether (sulfide) groups is 1. The third kappa shape index (κ3) is 5.73. The van der Waals surface area contributed by atoms with Crippen molar-refractivity contribution in [1.82, 2.24) is 19.8 Å². The van der Waals surface area contributed by atoms with Crippen molar-refractivity contribution < 1.29 is 22.7 Å². The number of amides is 1. The highest BCUT2D eigenvalue weighted by molar-refractivity contribution is 8.15. The summed E-state index contributed by atoms with van der Waals surface area (Å²) in [6.45, 7) is 4.02. The molecule has 2 heterocycles. The highest BCUT2D eigenvalue weighted by atomic mass is 32.2. The maximum Gasteiger partial charge on any atom is 0.573 e. The maximum atomic E-state index is 12.7. The van der Waals surface area contributed by atoms with Crippen molar-refractivity contribution in [1.29, 1.82) is 0 Å². The molecule has 208 valence electrons. The van der Waals surface area contributed by atoms with Gasteiger partial charge in [-0.25, -0.2) is 14.7 Å². The average molecular weight is 577 g/mol. The molecule has 1 fully saturated rings. The molecule has 0 spiro atoms. The first kappa shape index (κ1) is 26.8. The number of hydrazone groups is 1. The number of halogens is 3. The van der Waals surface area contributed by atoms with Crippen LogP contribution in [0.5, 0.6) is 5.75 Å². The summed E-state index contributed by atoms with van der Waals surface area (Å²) in [5.74, 6) is 0.348. The lowest BCUT2D eigenvalue weighted by Gasteiger charge is -2.12. The lowest BCUT2D eigenvalue weighted by atomic mass is 10.1. The summed E-state index contributed by atoms with van der Waals surface area (Å²) >= 11 is 1.38. The molecule has 4 aromatic rings. The van der Waals surface area contributed by atoms with E-state index in [-0.39, 0.29) is 11.7 Å². The maximum absolute atomic E-state index is 12.7. The summed E-state index contributed by atoms with van der Waals surface area (Å²) in [5, 5.41) is 11.2. The second kappa shape index (κ2) is 10.5. The lowest BCUT2D eigenvalue weighted by Crippen LogP contribution is -2.25.